The highest BCUT2D eigenvalue weighted by atomic mass is 16.4. The number of aromatic nitrogens is 2. The summed E-state index contributed by atoms with van der Waals surface area (Å²) in [5.74, 6) is -1.77. The van der Waals surface area contributed by atoms with Gasteiger partial charge in [-0.05, 0) is 37.1 Å². The third-order valence-electron chi connectivity index (χ3n) is 4.41. The second kappa shape index (κ2) is 7.96. The maximum Gasteiger partial charge on any atom is 0.305 e. The predicted octanol–water partition coefficient (Wildman–Crippen LogP) is 3.14. The number of nitrogens with zero attached hydrogens (tertiary/aromatic N) is 2. The largest absolute Gasteiger partial charge is 0.493 e. The van der Waals surface area contributed by atoms with Crippen molar-refractivity contribution in [3.05, 3.63) is 77.0 Å². The van der Waals surface area contributed by atoms with E-state index in [0.717, 1.165) is 16.7 Å². The lowest BCUT2D eigenvalue weighted by molar-refractivity contribution is -0.137. The molecule has 28 heavy (non-hydrogen) atoms. The molecule has 0 spiro atoms. The van der Waals surface area contributed by atoms with E-state index >= 15 is 0 Å². The molecule has 0 fully saturated rings. The number of aryl methyl sites for hydroxylation is 2. The summed E-state index contributed by atoms with van der Waals surface area (Å²) < 4.78 is 1.25. The van der Waals surface area contributed by atoms with Gasteiger partial charge in [-0.1, -0.05) is 42.0 Å². The molecular weight excluding hydrogens is 358 g/mol. The van der Waals surface area contributed by atoms with E-state index in [-0.39, 0.29) is 18.0 Å². The molecule has 144 valence electrons. The van der Waals surface area contributed by atoms with E-state index in [0.29, 0.717) is 5.69 Å². The van der Waals surface area contributed by atoms with Crippen LogP contribution in [0.3, 0.4) is 0 Å². The normalized spacial score (nSPS) is 11.8. The molecule has 1 aromatic heterocycles. The molecule has 0 radical (unpaired) electrons. The number of nitrogens with one attached hydrogen (secondary N) is 1. The van der Waals surface area contributed by atoms with E-state index in [9.17, 15) is 19.8 Å². The number of rotatable bonds is 6. The topological polar surface area (TPSA) is 104 Å². The molecule has 0 aliphatic rings. The van der Waals surface area contributed by atoms with Crippen LogP contribution in [0.5, 0.6) is 5.88 Å². The van der Waals surface area contributed by atoms with Crippen molar-refractivity contribution < 1.29 is 19.8 Å². The second-order valence-electron chi connectivity index (χ2n) is 6.62. The third-order valence-corrected chi connectivity index (χ3v) is 4.41. The van der Waals surface area contributed by atoms with Crippen LogP contribution in [0.15, 0.2) is 54.6 Å². The number of para-hydroxylation sites is 1. The number of carbonyl (C=O) groups excluding carboxylic acids is 1. The fourth-order valence-corrected chi connectivity index (χ4v) is 3.10. The van der Waals surface area contributed by atoms with Gasteiger partial charge in [-0.25, -0.2) is 4.68 Å². The van der Waals surface area contributed by atoms with Gasteiger partial charge in [0.25, 0.3) is 5.91 Å². The Kier molecular flexibility index (Phi) is 5.44. The molecule has 0 aliphatic carbocycles. The van der Waals surface area contributed by atoms with Crippen LogP contribution in [0.2, 0.25) is 0 Å². The van der Waals surface area contributed by atoms with Gasteiger partial charge in [0.1, 0.15) is 0 Å². The summed E-state index contributed by atoms with van der Waals surface area (Å²) in [6.45, 7) is 3.82. The molecule has 0 saturated carbocycles. The molecule has 0 aliphatic heterocycles. The van der Waals surface area contributed by atoms with Gasteiger partial charge in [0.05, 0.1) is 18.2 Å². The minimum Gasteiger partial charge on any atom is -0.493 e. The lowest BCUT2D eigenvalue weighted by atomic mass is 9.97. The van der Waals surface area contributed by atoms with E-state index in [1.54, 1.807) is 24.3 Å². The summed E-state index contributed by atoms with van der Waals surface area (Å²) in [6.07, 6.45) is -0.263. The molecule has 7 heteroatoms. The molecule has 1 heterocycles. The lowest BCUT2D eigenvalue weighted by Gasteiger charge is -2.19. The monoisotopic (exact) mass is 379 g/mol. The van der Waals surface area contributed by atoms with Gasteiger partial charge in [0.15, 0.2) is 5.69 Å². The number of carboxylic acid groups (broad SMARTS) is 1. The van der Waals surface area contributed by atoms with Gasteiger partial charge in [-0.2, -0.15) is 5.10 Å². The van der Waals surface area contributed by atoms with Crippen LogP contribution in [0, 0.1) is 13.8 Å². The number of aromatic hydroxyl groups is 1. The van der Waals surface area contributed by atoms with Crippen LogP contribution < -0.4 is 5.32 Å². The van der Waals surface area contributed by atoms with E-state index in [2.05, 4.69) is 10.4 Å². The fraction of sp³-hybridized carbons (Fsp3) is 0.190. The standard InChI is InChI=1S/C21H21N3O4/c1-13-8-9-16(14(2)10-13)17(12-20(26)27)22-21(28)18-11-19(25)24(23-18)15-6-4-3-5-7-15/h3-11,17,25H,12H2,1-2H3,(H,22,28)(H,26,27). The van der Waals surface area contributed by atoms with E-state index in [1.165, 1.54) is 10.7 Å². The van der Waals surface area contributed by atoms with Gasteiger partial charge >= 0.3 is 5.97 Å². The second-order valence-corrected chi connectivity index (χ2v) is 6.62. The number of hydrogen-bond donors (Lipinski definition) is 3. The van der Waals surface area contributed by atoms with Crippen LogP contribution >= 0.6 is 0 Å². The summed E-state index contributed by atoms with van der Waals surface area (Å²) in [6, 6.07) is 15.1. The van der Waals surface area contributed by atoms with Crippen molar-refractivity contribution in [3.63, 3.8) is 0 Å². The Bertz CT molecular complexity index is 1010. The van der Waals surface area contributed by atoms with Crippen molar-refractivity contribution in [1.29, 1.82) is 0 Å². The summed E-state index contributed by atoms with van der Waals surface area (Å²) in [4.78, 5) is 24.0. The Balaban J connectivity index is 1.87. The maximum atomic E-state index is 12.7. The van der Waals surface area contributed by atoms with Crippen LogP contribution in [0.4, 0.5) is 0 Å². The third kappa shape index (κ3) is 4.20. The zero-order chi connectivity index (χ0) is 20.3. The Morgan fingerprint density at radius 3 is 2.46 bits per heavy atom. The average Bonchev–Trinajstić information content (AvgIpc) is 3.03. The van der Waals surface area contributed by atoms with Crippen LogP contribution in [-0.4, -0.2) is 31.9 Å². The van der Waals surface area contributed by atoms with Crippen LogP contribution in [-0.2, 0) is 4.79 Å². The summed E-state index contributed by atoms with van der Waals surface area (Å²) in [5.41, 5.74) is 3.28. The molecule has 0 bridgehead atoms. The van der Waals surface area contributed by atoms with Gasteiger partial charge in [0.2, 0.25) is 5.88 Å². The Hall–Kier alpha value is -3.61. The highest BCUT2D eigenvalue weighted by Gasteiger charge is 2.23. The predicted molar refractivity (Wildman–Crippen MR) is 104 cm³/mol. The molecule has 2 aromatic carbocycles. The van der Waals surface area contributed by atoms with Crippen molar-refractivity contribution in [3.8, 4) is 11.6 Å². The first kappa shape index (κ1) is 19.2. The maximum absolute atomic E-state index is 12.7. The zero-order valence-corrected chi connectivity index (χ0v) is 15.6. The molecule has 1 unspecified atom stereocenters. The molecular formula is C21H21N3O4. The number of carboxylic acids is 1. The summed E-state index contributed by atoms with van der Waals surface area (Å²) >= 11 is 0. The van der Waals surface area contributed by atoms with Crippen molar-refractivity contribution in [1.82, 2.24) is 15.1 Å². The fourth-order valence-electron chi connectivity index (χ4n) is 3.10. The van der Waals surface area contributed by atoms with E-state index in [1.807, 2.05) is 38.1 Å². The summed E-state index contributed by atoms with van der Waals surface area (Å²) in [5, 5.41) is 26.3. The molecule has 7 nitrogen and oxygen atoms in total. The number of aliphatic carboxylic acids is 1. The van der Waals surface area contributed by atoms with Crippen LogP contribution in [0.25, 0.3) is 5.69 Å². The molecule has 3 aromatic rings. The summed E-state index contributed by atoms with van der Waals surface area (Å²) in [7, 11) is 0. The van der Waals surface area contributed by atoms with Gasteiger partial charge < -0.3 is 15.5 Å². The van der Waals surface area contributed by atoms with Crippen LogP contribution in [0.1, 0.15) is 39.6 Å². The van der Waals surface area contributed by atoms with Crippen molar-refractivity contribution >= 4 is 11.9 Å². The Morgan fingerprint density at radius 1 is 1.11 bits per heavy atom. The molecule has 1 atom stereocenters. The van der Waals surface area contributed by atoms with E-state index in [4.69, 9.17) is 0 Å². The first-order chi connectivity index (χ1) is 13.3. The number of hydrogen-bond acceptors (Lipinski definition) is 4. The van der Waals surface area contributed by atoms with Crippen molar-refractivity contribution in [2.75, 3.05) is 0 Å². The van der Waals surface area contributed by atoms with Crippen molar-refractivity contribution in [2.45, 2.75) is 26.3 Å². The Labute approximate surface area is 162 Å². The van der Waals surface area contributed by atoms with Gasteiger partial charge in [-0.3, -0.25) is 9.59 Å². The highest BCUT2D eigenvalue weighted by molar-refractivity contribution is 5.93. The number of benzene rings is 2. The molecule has 3 N–H and O–H groups in total. The molecule has 3 rings (SSSR count). The quantitative estimate of drug-likeness (QED) is 0.610. The molecule has 1 amide bonds. The first-order valence-corrected chi connectivity index (χ1v) is 8.79. The minimum absolute atomic E-state index is 0.00139. The zero-order valence-electron chi connectivity index (χ0n) is 15.6. The van der Waals surface area contributed by atoms with Crippen molar-refractivity contribution in [2.24, 2.45) is 0 Å². The van der Waals surface area contributed by atoms with Gasteiger partial charge in [0, 0.05) is 6.07 Å². The lowest BCUT2D eigenvalue weighted by Crippen LogP contribution is -2.31. The highest BCUT2D eigenvalue weighted by Crippen LogP contribution is 2.23. The Morgan fingerprint density at radius 2 is 1.82 bits per heavy atom. The smallest absolute Gasteiger partial charge is 0.305 e. The number of amides is 1. The minimum atomic E-state index is -1.03. The average molecular weight is 379 g/mol. The number of carbonyl (C=O) groups is 2. The van der Waals surface area contributed by atoms with Gasteiger partial charge in [-0.15, -0.1) is 0 Å². The van der Waals surface area contributed by atoms with E-state index < -0.39 is 17.9 Å². The molecule has 0 saturated heterocycles. The first-order valence-electron chi connectivity index (χ1n) is 8.79. The SMILES string of the molecule is Cc1ccc(C(CC(=O)O)NC(=O)c2cc(O)n(-c3ccccc3)n2)c(C)c1.